The molecule has 0 saturated heterocycles. The fraction of sp³-hybridized carbons (Fsp3) is 0.250. The van der Waals surface area contributed by atoms with Crippen molar-refractivity contribution in [1.82, 2.24) is 5.32 Å². The molecular formula is C16H16Br3N. The third-order valence-corrected chi connectivity index (χ3v) is 5.21. The summed E-state index contributed by atoms with van der Waals surface area (Å²) in [7, 11) is 0. The minimum atomic E-state index is 0.170. The Balaban J connectivity index is 2.51. The fourth-order valence-electron chi connectivity index (χ4n) is 2.18. The summed E-state index contributed by atoms with van der Waals surface area (Å²) in [4.78, 5) is 0. The van der Waals surface area contributed by atoms with Crippen LogP contribution in [0.25, 0.3) is 0 Å². The molecule has 0 radical (unpaired) electrons. The van der Waals surface area contributed by atoms with Crippen molar-refractivity contribution in [2.75, 3.05) is 6.54 Å². The first-order chi connectivity index (χ1) is 9.52. The van der Waals surface area contributed by atoms with Crippen LogP contribution in [0.3, 0.4) is 0 Å². The molecule has 2 aromatic carbocycles. The lowest BCUT2D eigenvalue weighted by Gasteiger charge is -2.21. The average Bonchev–Trinajstić information content (AvgIpc) is 2.40. The molecule has 0 bridgehead atoms. The number of hydrogen-bond acceptors (Lipinski definition) is 1. The summed E-state index contributed by atoms with van der Waals surface area (Å²) in [5.41, 5.74) is 3.71. The summed E-state index contributed by atoms with van der Waals surface area (Å²) in [6.45, 7) is 5.14. The van der Waals surface area contributed by atoms with Crippen molar-refractivity contribution in [1.29, 1.82) is 0 Å². The van der Waals surface area contributed by atoms with Gasteiger partial charge in [-0.05, 0) is 54.4 Å². The summed E-state index contributed by atoms with van der Waals surface area (Å²) in [6.07, 6.45) is 0. The van der Waals surface area contributed by atoms with E-state index < -0.39 is 0 Å². The van der Waals surface area contributed by atoms with Crippen LogP contribution in [0.5, 0.6) is 0 Å². The molecule has 1 unspecified atom stereocenters. The van der Waals surface area contributed by atoms with E-state index in [0.29, 0.717) is 0 Å². The van der Waals surface area contributed by atoms with Gasteiger partial charge in [0.15, 0.2) is 0 Å². The standard InChI is InChI=1S/C16H16Br3N/c1-3-20-16(11-5-4-6-12(17)8-11)13-9-14(18)10(2)7-15(13)19/h4-9,16,20H,3H2,1-2H3. The van der Waals surface area contributed by atoms with Gasteiger partial charge in [0.2, 0.25) is 0 Å². The molecule has 1 nitrogen and oxygen atoms in total. The van der Waals surface area contributed by atoms with Crippen molar-refractivity contribution >= 4 is 47.8 Å². The van der Waals surface area contributed by atoms with Crippen molar-refractivity contribution in [2.45, 2.75) is 19.9 Å². The Morgan fingerprint density at radius 2 is 1.80 bits per heavy atom. The maximum Gasteiger partial charge on any atom is 0.0588 e. The highest BCUT2D eigenvalue weighted by atomic mass is 79.9. The Morgan fingerprint density at radius 1 is 1.05 bits per heavy atom. The van der Waals surface area contributed by atoms with Crippen LogP contribution < -0.4 is 5.32 Å². The van der Waals surface area contributed by atoms with Crippen LogP contribution in [0.1, 0.15) is 29.7 Å². The number of hydrogen-bond donors (Lipinski definition) is 1. The van der Waals surface area contributed by atoms with E-state index in [-0.39, 0.29) is 6.04 Å². The molecule has 2 aromatic rings. The summed E-state index contributed by atoms with van der Waals surface area (Å²) in [5, 5.41) is 3.56. The van der Waals surface area contributed by atoms with Gasteiger partial charge in [0.25, 0.3) is 0 Å². The van der Waals surface area contributed by atoms with Gasteiger partial charge in [0, 0.05) is 13.4 Å². The smallest absolute Gasteiger partial charge is 0.0588 e. The maximum atomic E-state index is 3.70. The van der Waals surface area contributed by atoms with Gasteiger partial charge in [-0.25, -0.2) is 0 Å². The molecule has 1 N–H and O–H groups in total. The first-order valence-corrected chi connectivity index (χ1v) is 8.85. The van der Waals surface area contributed by atoms with Crippen LogP contribution in [-0.4, -0.2) is 6.54 Å². The molecule has 4 heteroatoms. The SMILES string of the molecule is CCNC(c1cccc(Br)c1)c1cc(Br)c(C)cc1Br. The van der Waals surface area contributed by atoms with Gasteiger partial charge in [0.1, 0.15) is 0 Å². The third-order valence-electron chi connectivity index (χ3n) is 3.18. The van der Waals surface area contributed by atoms with Crippen molar-refractivity contribution in [2.24, 2.45) is 0 Å². The van der Waals surface area contributed by atoms with Crippen LogP contribution in [0, 0.1) is 6.92 Å². The van der Waals surface area contributed by atoms with E-state index in [2.05, 4.69) is 97.3 Å². The third kappa shape index (κ3) is 3.73. The lowest BCUT2D eigenvalue weighted by atomic mass is 9.98. The highest BCUT2D eigenvalue weighted by Crippen LogP contribution is 2.33. The average molecular weight is 462 g/mol. The highest BCUT2D eigenvalue weighted by Gasteiger charge is 2.17. The van der Waals surface area contributed by atoms with Gasteiger partial charge < -0.3 is 5.32 Å². The number of halogens is 3. The Kier molecular flexibility index (Phi) is 5.84. The zero-order valence-corrected chi connectivity index (χ0v) is 16.1. The van der Waals surface area contributed by atoms with Gasteiger partial charge in [0.05, 0.1) is 6.04 Å². The zero-order chi connectivity index (χ0) is 14.7. The van der Waals surface area contributed by atoms with E-state index in [1.807, 2.05) is 6.07 Å². The summed E-state index contributed by atoms with van der Waals surface area (Å²) in [5.74, 6) is 0. The molecule has 20 heavy (non-hydrogen) atoms. The minimum Gasteiger partial charge on any atom is -0.306 e. The second-order valence-electron chi connectivity index (χ2n) is 4.67. The zero-order valence-electron chi connectivity index (χ0n) is 11.4. The molecule has 0 aliphatic heterocycles. The molecule has 1 atom stereocenters. The highest BCUT2D eigenvalue weighted by molar-refractivity contribution is 9.11. The van der Waals surface area contributed by atoms with E-state index >= 15 is 0 Å². The van der Waals surface area contributed by atoms with Gasteiger partial charge in [-0.15, -0.1) is 0 Å². The summed E-state index contributed by atoms with van der Waals surface area (Å²) in [6, 6.07) is 12.9. The van der Waals surface area contributed by atoms with Crippen LogP contribution in [-0.2, 0) is 0 Å². The first-order valence-electron chi connectivity index (χ1n) is 6.47. The Bertz CT molecular complexity index is 611. The monoisotopic (exact) mass is 459 g/mol. The number of benzene rings is 2. The molecule has 0 fully saturated rings. The lowest BCUT2D eigenvalue weighted by molar-refractivity contribution is 0.628. The van der Waals surface area contributed by atoms with Crippen molar-refractivity contribution in [3.8, 4) is 0 Å². The molecule has 0 spiro atoms. The number of nitrogens with one attached hydrogen (secondary N) is 1. The van der Waals surface area contributed by atoms with Gasteiger partial charge in [-0.1, -0.05) is 66.8 Å². The predicted molar refractivity (Wildman–Crippen MR) is 96.2 cm³/mol. The summed E-state index contributed by atoms with van der Waals surface area (Å²) < 4.78 is 3.36. The van der Waals surface area contributed by atoms with E-state index in [4.69, 9.17) is 0 Å². The first kappa shape index (κ1) is 16.2. The molecule has 0 aliphatic carbocycles. The van der Waals surface area contributed by atoms with E-state index in [0.717, 1.165) is 20.0 Å². The topological polar surface area (TPSA) is 12.0 Å². The van der Waals surface area contributed by atoms with Crippen molar-refractivity contribution in [3.63, 3.8) is 0 Å². The maximum absolute atomic E-state index is 3.70. The van der Waals surface area contributed by atoms with Crippen LogP contribution in [0.2, 0.25) is 0 Å². The molecule has 0 amide bonds. The second kappa shape index (κ2) is 7.21. The quantitative estimate of drug-likeness (QED) is 0.590. The van der Waals surface area contributed by atoms with Crippen molar-refractivity contribution in [3.05, 3.63) is 66.5 Å². The Hall–Kier alpha value is -0.160. The molecule has 0 aromatic heterocycles. The minimum absolute atomic E-state index is 0.170. The molecular weight excluding hydrogens is 446 g/mol. The lowest BCUT2D eigenvalue weighted by Crippen LogP contribution is -2.22. The van der Waals surface area contributed by atoms with Crippen LogP contribution in [0.15, 0.2) is 49.8 Å². The van der Waals surface area contributed by atoms with E-state index in [9.17, 15) is 0 Å². The molecule has 2 rings (SSSR count). The number of rotatable bonds is 4. The summed E-state index contributed by atoms with van der Waals surface area (Å²) >= 11 is 10.9. The molecule has 0 aliphatic rings. The largest absolute Gasteiger partial charge is 0.306 e. The van der Waals surface area contributed by atoms with Crippen molar-refractivity contribution < 1.29 is 0 Å². The second-order valence-corrected chi connectivity index (χ2v) is 7.29. The van der Waals surface area contributed by atoms with Crippen LogP contribution in [0.4, 0.5) is 0 Å². The fourth-order valence-corrected chi connectivity index (χ4v) is 3.65. The van der Waals surface area contributed by atoms with Gasteiger partial charge in [-0.3, -0.25) is 0 Å². The predicted octanol–water partition coefficient (Wildman–Crippen LogP) is 5.98. The van der Waals surface area contributed by atoms with Gasteiger partial charge >= 0.3 is 0 Å². The van der Waals surface area contributed by atoms with E-state index in [1.54, 1.807) is 0 Å². The molecule has 106 valence electrons. The molecule has 0 saturated carbocycles. The Morgan fingerprint density at radius 3 is 2.45 bits per heavy atom. The van der Waals surface area contributed by atoms with Gasteiger partial charge in [-0.2, -0.15) is 0 Å². The Labute approximate surface area is 145 Å². The van der Waals surface area contributed by atoms with Crippen LogP contribution >= 0.6 is 47.8 Å². The molecule has 0 heterocycles. The normalized spacial score (nSPS) is 12.4. The number of aryl methyl sites for hydroxylation is 1. The van der Waals surface area contributed by atoms with E-state index in [1.165, 1.54) is 16.7 Å².